The number of hydrogen-bond acceptors (Lipinski definition) is 3. The van der Waals surface area contributed by atoms with Crippen molar-refractivity contribution in [1.29, 1.82) is 0 Å². The van der Waals surface area contributed by atoms with Gasteiger partial charge in [0.2, 0.25) is 0 Å². The van der Waals surface area contributed by atoms with Crippen molar-refractivity contribution in [2.75, 3.05) is 0 Å². The number of carbonyl (C=O) groups excluding carboxylic acids is 1. The molecule has 0 radical (unpaired) electrons. The third kappa shape index (κ3) is 3.20. The summed E-state index contributed by atoms with van der Waals surface area (Å²) in [6, 6.07) is 9.74. The number of H-pyrrole nitrogens is 1. The lowest BCUT2D eigenvalue weighted by molar-refractivity contribution is 0.0934. The molecule has 2 aromatic heterocycles. The summed E-state index contributed by atoms with van der Waals surface area (Å²) in [5.41, 5.74) is 6.31. The van der Waals surface area contributed by atoms with Crippen LogP contribution in [0, 0.1) is 20.8 Å². The van der Waals surface area contributed by atoms with E-state index < -0.39 is 0 Å². The standard InChI is InChI=1S/C19H23N5O/c1-11-8-6-7-9-15(11)12(2)20-19(25)17-10-16(21-22-17)18-13(3)23-24(5)14(18)4/h6-10,12H,1-5H3,(H,20,25)(H,21,22). The first-order valence-corrected chi connectivity index (χ1v) is 8.31. The highest BCUT2D eigenvalue weighted by atomic mass is 16.2. The number of rotatable bonds is 4. The lowest BCUT2D eigenvalue weighted by Crippen LogP contribution is -2.27. The van der Waals surface area contributed by atoms with Crippen molar-refractivity contribution in [3.63, 3.8) is 0 Å². The lowest BCUT2D eigenvalue weighted by atomic mass is 10.0. The first kappa shape index (κ1) is 17.0. The Morgan fingerprint density at radius 1 is 1.24 bits per heavy atom. The zero-order valence-electron chi connectivity index (χ0n) is 15.2. The number of carbonyl (C=O) groups is 1. The summed E-state index contributed by atoms with van der Waals surface area (Å²) in [6.45, 7) is 7.95. The van der Waals surface area contributed by atoms with E-state index in [9.17, 15) is 4.79 Å². The van der Waals surface area contributed by atoms with E-state index in [0.717, 1.165) is 33.8 Å². The van der Waals surface area contributed by atoms with Crippen molar-refractivity contribution in [3.8, 4) is 11.3 Å². The molecule has 6 heteroatoms. The largest absolute Gasteiger partial charge is 0.344 e. The molecule has 0 aliphatic carbocycles. The van der Waals surface area contributed by atoms with Gasteiger partial charge in [-0.25, -0.2) is 0 Å². The molecule has 2 heterocycles. The summed E-state index contributed by atoms with van der Waals surface area (Å²) in [5.74, 6) is -0.173. The molecule has 3 rings (SSSR count). The fourth-order valence-corrected chi connectivity index (χ4v) is 3.14. The highest BCUT2D eigenvalue weighted by Crippen LogP contribution is 2.25. The van der Waals surface area contributed by atoms with Crippen molar-refractivity contribution >= 4 is 5.91 Å². The summed E-state index contributed by atoms with van der Waals surface area (Å²) in [4.78, 5) is 12.6. The first-order chi connectivity index (χ1) is 11.9. The van der Waals surface area contributed by atoms with Crippen LogP contribution in [0.4, 0.5) is 0 Å². The fourth-order valence-electron chi connectivity index (χ4n) is 3.14. The second-order valence-corrected chi connectivity index (χ2v) is 6.39. The van der Waals surface area contributed by atoms with Crippen LogP contribution in [0.5, 0.6) is 0 Å². The Hall–Kier alpha value is -2.89. The Morgan fingerprint density at radius 3 is 2.60 bits per heavy atom. The van der Waals surface area contributed by atoms with E-state index in [1.807, 2.05) is 63.7 Å². The number of amides is 1. The normalized spacial score (nSPS) is 12.2. The van der Waals surface area contributed by atoms with Gasteiger partial charge < -0.3 is 5.32 Å². The minimum absolute atomic E-state index is 0.0812. The highest BCUT2D eigenvalue weighted by molar-refractivity contribution is 5.93. The number of aromatic amines is 1. The molecule has 0 fully saturated rings. The molecule has 0 saturated carbocycles. The zero-order chi connectivity index (χ0) is 18.1. The van der Waals surface area contributed by atoms with Gasteiger partial charge in [0.15, 0.2) is 0 Å². The molecule has 0 bridgehead atoms. The molecule has 1 unspecified atom stereocenters. The van der Waals surface area contributed by atoms with E-state index >= 15 is 0 Å². The molecule has 130 valence electrons. The van der Waals surface area contributed by atoms with Crippen molar-refractivity contribution in [1.82, 2.24) is 25.3 Å². The molecule has 2 N–H and O–H groups in total. The summed E-state index contributed by atoms with van der Waals surface area (Å²) >= 11 is 0. The van der Waals surface area contributed by atoms with Crippen LogP contribution in [-0.4, -0.2) is 25.9 Å². The van der Waals surface area contributed by atoms with Crippen LogP contribution >= 0.6 is 0 Å². The number of benzene rings is 1. The van der Waals surface area contributed by atoms with Crippen LogP contribution in [0.3, 0.4) is 0 Å². The number of nitrogens with zero attached hydrogens (tertiary/aromatic N) is 3. The Kier molecular flexibility index (Phi) is 4.44. The summed E-state index contributed by atoms with van der Waals surface area (Å²) in [6.07, 6.45) is 0. The van der Waals surface area contributed by atoms with Gasteiger partial charge in [-0.15, -0.1) is 0 Å². The van der Waals surface area contributed by atoms with Gasteiger partial charge in [-0.05, 0) is 44.9 Å². The van der Waals surface area contributed by atoms with E-state index in [1.165, 1.54) is 0 Å². The van der Waals surface area contributed by atoms with Crippen molar-refractivity contribution in [2.45, 2.75) is 33.7 Å². The molecule has 0 aliphatic rings. The minimum atomic E-state index is -0.173. The minimum Gasteiger partial charge on any atom is -0.344 e. The maximum atomic E-state index is 12.6. The smallest absolute Gasteiger partial charge is 0.269 e. The molecule has 0 saturated heterocycles. The molecule has 0 aliphatic heterocycles. The Balaban J connectivity index is 1.80. The van der Waals surface area contributed by atoms with Crippen molar-refractivity contribution < 1.29 is 4.79 Å². The third-order valence-electron chi connectivity index (χ3n) is 4.59. The number of aromatic nitrogens is 4. The summed E-state index contributed by atoms with van der Waals surface area (Å²) in [7, 11) is 1.90. The van der Waals surface area contributed by atoms with Gasteiger partial charge in [0, 0.05) is 18.3 Å². The Bertz CT molecular complexity index is 922. The van der Waals surface area contributed by atoms with Crippen LogP contribution in [0.15, 0.2) is 30.3 Å². The zero-order valence-corrected chi connectivity index (χ0v) is 15.2. The molecular weight excluding hydrogens is 314 g/mol. The number of aryl methyl sites for hydroxylation is 3. The maximum Gasteiger partial charge on any atom is 0.269 e. The van der Waals surface area contributed by atoms with Gasteiger partial charge >= 0.3 is 0 Å². The van der Waals surface area contributed by atoms with Gasteiger partial charge in [-0.3, -0.25) is 14.6 Å². The Labute approximate surface area is 147 Å². The second-order valence-electron chi connectivity index (χ2n) is 6.39. The predicted molar refractivity (Wildman–Crippen MR) is 97.3 cm³/mol. The van der Waals surface area contributed by atoms with E-state index in [2.05, 4.69) is 20.6 Å². The van der Waals surface area contributed by atoms with Crippen molar-refractivity contribution in [3.05, 3.63) is 58.5 Å². The van der Waals surface area contributed by atoms with Crippen molar-refractivity contribution in [2.24, 2.45) is 7.05 Å². The van der Waals surface area contributed by atoms with Crippen LogP contribution < -0.4 is 5.32 Å². The molecule has 1 amide bonds. The summed E-state index contributed by atoms with van der Waals surface area (Å²) in [5, 5.41) is 14.6. The molecule has 1 aromatic carbocycles. The second kappa shape index (κ2) is 6.55. The Morgan fingerprint density at radius 2 is 1.96 bits per heavy atom. The highest BCUT2D eigenvalue weighted by Gasteiger charge is 2.18. The van der Waals surface area contributed by atoms with Crippen LogP contribution in [-0.2, 0) is 7.05 Å². The SMILES string of the molecule is Cc1ccccc1C(C)NC(=O)c1cc(-c2c(C)nn(C)c2C)n[nH]1. The van der Waals surface area contributed by atoms with Gasteiger partial charge in [0.05, 0.1) is 17.4 Å². The fraction of sp³-hybridized carbons (Fsp3) is 0.316. The average molecular weight is 337 g/mol. The van der Waals surface area contributed by atoms with Gasteiger partial charge in [0.25, 0.3) is 5.91 Å². The van der Waals surface area contributed by atoms with E-state index in [1.54, 1.807) is 6.07 Å². The molecule has 25 heavy (non-hydrogen) atoms. The van der Waals surface area contributed by atoms with Crippen LogP contribution in [0.1, 0.15) is 46.0 Å². The predicted octanol–water partition coefficient (Wildman–Crippen LogP) is 3.23. The monoisotopic (exact) mass is 337 g/mol. The third-order valence-corrected chi connectivity index (χ3v) is 4.59. The molecule has 1 atom stereocenters. The topological polar surface area (TPSA) is 75.6 Å². The average Bonchev–Trinajstić information content (AvgIpc) is 3.13. The van der Waals surface area contributed by atoms with Gasteiger partial charge in [-0.1, -0.05) is 24.3 Å². The molecular formula is C19H23N5O. The number of nitrogens with one attached hydrogen (secondary N) is 2. The molecule has 6 nitrogen and oxygen atoms in total. The van der Waals surface area contributed by atoms with Gasteiger partial charge in [0.1, 0.15) is 5.69 Å². The quantitative estimate of drug-likeness (QED) is 0.767. The number of hydrogen-bond donors (Lipinski definition) is 2. The molecule has 3 aromatic rings. The lowest BCUT2D eigenvalue weighted by Gasteiger charge is -2.15. The maximum absolute atomic E-state index is 12.6. The van der Waals surface area contributed by atoms with Crippen LogP contribution in [0.25, 0.3) is 11.3 Å². The van der Waals surface area contributed by atoms with Gasteiger partial charge in [-0.2, -0.15) is 10.2 Å². The van der Waals surface area contributed by atoms with E-state index in [-0.39, 0.29) is 11.9 Å². The van der Waals surface area contributed by atoms with E-state index in [0.29, 0.717) is 5.69 Å². The first-order valence-electron chi connectivity index (χ1n) is 8.31. The van der Waals surface area contributed by atoms with E-state index in [4.69, 9.17) is 0 Å². The van der Waals surface area contributed by atoms with Crippen LogP contribution in [0.2, 0.25) is 0 Å². The summed E-state index contributed by atoms with van der Waals surface area (Å²) < 4.78 is 1.82. The molecule has 0 spiro atoms.